The zero-order valence-corrected chi connectivity index (χ0v) is 20.1. The molecule has 3 aromatic carbocycles. The summed E-state index contributed by atoms with van der Waals surface area (Å²) in [6.45, 7) is 0.727. The molecule has 0 bridgehead atoms. The number of rotatable bonds is 7. The summed E-state index contributed by atoms with van der Waals surface area (Å²) in [6.07, 6.45) is 1.77. The molecule has 0 aliphatic carbocycles. The van der Waals surface area contributed by atoms with E-state index in [1.54, 1.807) is 65.5 Å². The van der Waals surface area contributed by atoms with Crippen molar-refractivity contribution in [3.63, 3.8) is 0 Å². The van der Waals surface area contributed by atoms with Gasteiger partial charge in [-0.05, 0) is 47.5 Å². The lowest BCUT2D eigenvalue weighted by Crippen LogP contribution is -2.13. The predicted molar refractivity (Wildman–Crippen MR) is 133 cm³/mol. The third-order valence-corrected chi connectivity index (χ3v) is 6.25. The first-order valence-corrected chi connectivity index (χ1v) is 11.3. The molecule has 0 saturated carbocycles. The monoisotopic (exact) mass is 519 g/mol. The fraction of sp³-hybridized carbons (Fsp3) is 0.0833. The third kappa shape index (κ3) is 6.01. The standard InChI is InChI=1S/C24H17Cl4N3O2/c25-18-8-7-15(12-20(18)27)13-31-10-9-22(30-31)29-24(32)17-4-1-3-16(11-17)14-33-21-6-2-5-19(26)23(21)28/h1-12H,13-14H2,(H,29,30,32). The van der Waals surface area contributed by atoms with E-state index < -0.39 is 0 Å². The number of carbonyl (C=O) groups is 1. The number of aromatic nitrogens is 2. The summed E-state index contributed by atoms with van der Waals surface area (Å²) in [5.74, 6) is 0.636. The minimum atomic E-state index is -0.280. The zero-order valence-electron chi connectivity index (χ0n) is 17.1. The second-order valence-electron chi connectivity index (χ2n) is 7.14. The minimum absolute atomic E-state index is 0.236. The molecule has 0 saturated heterocycles. The van der Waals surface area contributed by atoms with E-state index in [0.717, 1.165) is 11.1 Å². The van der Waals surface area contributed by atoms with Gasteiger partial charge in [-0.3, -0.25) is 9.48 Å². The van der Waals surface area contributed by atoms with Crippen LogP contribution in [0.2, 0.25) is 20.1 Å². The van der Waals surface area contributed by atoms with Crippen LogP contribution in [0.15, 0.2) is 72.9 Å². The van der Waals surface area contributed by atoms with E-state index in [2.05, 4.69) is 10.4 Å². The molecule has 0 spiro atoms. The average molecular weight is 521 g/mol. The summed E-state index contributed by atoms with van der Waals surface area (Å²) in [5.41, 5.74) is 2.23. The highest BCUT2D eigenvalue weighted by Gasteiger charge is 2.11. The fourth-order valence-electron chi connectivity index (χ4n) is 3.09. The Kier molecular flexibility index (Phi) is 7.46. The summed E-state index contributed by atoms with van der Waals surface area (Å²) in [6, 6.07) is 19.4. The molecular formula is C24H17Cl4N3O2. The van der Waals surface area contributed by atoms with Gasteiger partial charge in [-0.25, -0.2) is 0 Å². The van der Waals surface area contributed by atoms with Gasteiger partial charge in [0.2, 0.25) is 0 Å². The van der Waals surface area contributed by atoms with E-state index in [-0.39, 0.29) is 12.5 Å². The Morgan fingerprint density at radius 1 is 0.879 bits per heavy atom. The van der Waals surface area contributed by atoms with Crippen LogP contribution < -0.4 is 10.1 Å². The van der Waals surface area contributed by atoms with E-state index in [0.29, 0.717) is 43.8 Å². The van der Waals surface area contributed by atoms with E-state index >= 15 is 0 Å². The van der Waals surface area contributed by atoms with Crippen LogP contribution in [0.4, 0.5) is 5.82 Å². The maximum atomic E-state index is 12.7. The summed E-state index contributed by atoms with van der Waals surface area (Å²) >= 11 is 24.2. The number of carbonyl (C=O) groups excluding carboxylic acids is 1. The van der Waals surface area contributed by atoms with Crippen LogP contribution in [0.3, 0.4) is 0 Å². The summed E-state index contributed by atoms with van der Waals surface area (Å²) in [5, 5.41) is 8.95. The highest BCUT2D eigenvalue weighted by atomic mass is 35.5. The van der Waals surface area contributed by atoms with E-state index in [9.17, 15) is 4.79 Å². The Bertz CT molecular complexity index is 1310. The first-order chi connectivity index (χ1) is 15.9. The van der Waals surface area contributed by atoms with Crippen LogP contribution >= 0.6 is 46.4 Å². The molecule has 1 heterocycles. The van der Waals surface area contributed by atoms with E-state index in [4.69, 9.17) is 51.1 Å². The normalized spacial score (nSPS) is 10.8. The molecule has 5 nitrogen and oxygen atoms in total. The molecule has 0 atom stereocenters. The van der Waals surface area contributed by atoms with Gasteiger partial charge in [-0.1, -0.05) is 70.7 Å². The summed E-state index contributed by atoms with van der Waals surface area (Å²) in [4.78, 5) is 12.7. The van der Waals surface area contributed by atoms with Crippen molar-refractivity contribution in [3.05, 3.63) is 110 Å². The van der Waals surface area contributed by atoms with Gasteiger partial charge in [0, 0.05) is 17.8 Å². The van der Waals surface area contributed by atoms with Crippen molar-refractivity contribution in [3.8, 4) is 5.75 Å². The van der Waals surface area contributed by atoms with Crippen LogP contribution in [0.5, 0.6) is 5.75 Å². The van der Waals surface area contributed by atoms with Crippen molar-refractivity contribution in [1.82, 2.24) is 9.78 Å². The fourth-order valence-corrected chi connectivity index (χ4v) is 3.76. The van der Waals surface area contributed by atoms with Gasteiger partial charge in [0.05, 0.1) is 21.6 Å². The molecule has 0 fully saturated rings. The average Bonchev–Trinajstić information content (AvgIpc) is 3.24. The van der Waals surface area contributed by atoms with Gasteiger partial charge >= 0.3 is 0 Å². The number of hydrogen-bond acceptors (Lipinski definition) is 3. The Morgan fingerprint density at radius 2 is 1.70 bits per heavy atom. The lowest BCUT2D eigenvalue weighted by Gasteiger charge is -2.10. The van der Waals surface area contributed by atoms with Gasteiger partial charge < -0.3 is 10.1 Å². The molecule has 0 aliphatic heterocycles. The molecule has 0 unspecified atom stereocenters. The number of anilines is 1. The molecule has 0 aliphatic rings. The van der Waals surface area contributed by atoms with Crippen molar-refractivity contribution in [2.75, 3.05) is 5.32 Å². The van der Waals surface area contributed by atoms with Crippen molar-refractivity contribution in [2.45, 2.75) is 13.2 Å². The Morgan fingerprint density at radius 3 is 2.52 bits per heavy atom. The molecule has 4 aromatic rings. The van der Waals surface area contributed by atoms with E-state index in [1.807, 2.05) is 12.1 Å². The van der Waals surface area contributed by atoms with Crippen molar-refractivity contribution < 1.29 is 9.53 Å². The highest BCUT2D eigenvalue weighted by molar-refractivity contribution is 6.43. The summed E-state index contributed by atoms with van der Waals surface area (Å²) in [7, 11) is 0. The maximum absolute atomic E-state index is 12.7. The second-order valence-corrected chi connectivity index (χ2v) is 8.74. The molecule has 0 radical (unpaired) electrons. The Balaban J connectivity index is 1.38. The van der Waals surface area contributed by atoms with Gasteiger partial charge in [0.15, 0.2) is 5.82 Å². The molecule has 1 amide bonds. The second kappa shape index (κ2) is 10.5. The van der Waals surface area contributed by atoms with Crippen LogP contribution in [0.1, 0.15) is 21.5 Å². The quantitative estimate of drug-likeness (QED) is 0.276. The van der Waals surface area contributed by atoms with Crippen molar-refractivity contribution in [2.24, 2.45) is 0 Å². The lowest BCUT2D eigenvalue weighted by atomic mass is 10.1. The zero-order chi connectivity index (χ0) is 23.4. The van der Waals surface area contributed by atoms with Gasteiger partial charge in [0.25, 0.3) is 5.91 Å². The molecule has 168 valence electrons. The van der Waals surface area contributed by atoms with Gasteiger partial charge in [0.1, 0.15) is 17.4 Å². The number of ether oxygens (including phenoxy) is 1. The van der Waals surface area contributed by atoms with Crippen molar-refractivity contribution in [1.29, 1.82) is 0 Å². The SMILES string of the molecule is O=C(Nc1ccn(Cc2ccc(Cl)c(Cl)c2)n1)c1cccc(COc2cccc(Cl)c2Cl)c1. The first-order valence-electron chi connectivity index (χ1n) is 9.83. The van der Waals surface area contributed by atoms with Gasteiger partial charge in [-0.15, -0.1) is 0 Å². The maximum Gasteiger partial charge on any atom is 0.256 e. The molecule has 33 heavy (non-hydrogen) atoms. The number of benzene rings is 3. The largest absolute Gasteiger partial charge is 0.487 e. The summed E-state index contributed by atoms with van der Waals surface area (Å²) < 4.78 is 7.45. The molecule has 1 aromatic heterocycles. The predicted octanol–water partition coefficient (Wildman–Crippen LogP) is 7.38. The highest BCUT2D eigenvalue weighted by Crippen LogP contribution is 2.32. The van der Waals surface area contributed by atoms with Gasteiger partial charge in [-0.2, -0.15) is 5.10 Å². The van der Waals surface area contributed by atoms with E-state index in [1.165, 1.54) is 0 Å². The molecular weight excluding hydrogens is 504 g/mol. The smallest absolute Gasteiger partial charge is 0.256 e. The van der Waals surface area contributed by atoms with Crippen LogP contribution in [0.25, 0.3) is 0 Å². The minimum Gasteiger partial charge on any atom is -0.487 e. The number of hydrogen-bond donors (Lipinski definition) is 1. The molecule has 9 heteroatoms. The Labute approximate surface area is 210 Å². The van der Waals surface area contributed by atoms with Crippen LogP contribution in [0, 0.1) is 0 Å². The number of nitrogens with zero attached hydrogens (tertiary/aromatic N) is 2. The van der Waals surface area contributed by atoms with Crippen LogP contribution in [-0.4, -0.2) is 15.7 Å². The topological polar surface area (TPSA) is 56.2 Å². The number of halogens is 4. The van der Waals surface area contributed by atoms with Crippen molar-refractivity contribution >= 4 is 58.1 Å². The third-order valence-electron chi connectivity index (χ3n) is 4.71. The first kappa shape index (κ1) is 23.5. The van der Waals surface area contributed by atoms with Crippen LogP contribution in [-0.2, 0) is 13.2 Å². The lowest BCUT2D eigenvalue weighted by molar-refractivity contribution is 0.102. The molecule has 1 N–H and O–H groups in total. The molecule has 4 rings (SSSR count). The Hall–Kier alpha value is -2.70. The number of nitrogens with one attached hydrogen (secondary N) is 1. The number of amides is 1.